The number of anilines is 1. The number of aromatic nitrogens is 1. The highest BCUT2D eigenvalue weighted by Gasteiger charge is 2.23. The molecule has 6 nitrogen and oxygen atoms in total. The number of carbonyl (C=O) groups is 1. The summed E-state index contributed by atoms with van der Waals surface area (Å²) in [6.45, 7) is 1.80. The number of methoxy groups -OCH3 is 1. The van der Waals surface area contributed by atoms with Crippen molar-refractivity contribution in [2.24, 2.45) is 0 Å². The highest BCUT2D eigenvalue weighted by atomic mass is 16.5. The first-order valence-electron chi connectivity index (χ1n) is 8.46. The van der Waals surface area contributed by atoms with Gasteiger partial charge in [-0.15, -0.1) is 0 Å². The third-order valence-corrected chi connectivity index (χ3v) is 4.14. The molecule has 25 heavy (non-hydrogen) atoms. The third-order valence-electron chi connectivity index (χ3n) is 4.14. The average Bonchev–Trinajstić information content (AvgIpc) is 3.15. The predicted molar refractivity (Wildman–Crippen MR) is 95.6 cm³/mol. The lowest BCUT2D eigenvalue weighted by Crippen LogP contribution is -2.39. The molecule has 1 aliphatic rings. The van der Waals surface area contributed by atoms with Crippen LogP contribution in [0.25, 0.3) is 0 Å². The average molecular weight is 341 g/mol. The van der Waals surface area contributed by atoms with E-state index >= 15 is 0 Å². The van der Waals surface area contributed by atoms with Crippen LogP contribution in [0.1, 0.15) is 18.4 Å². The van der Waals surface area contributed by atoms with E-state index in [4.69, 9.17) is 9.47 Å². The summed E-state index contributed by atoms with van der Waals surface area (Å²) in [6.07, 6.45) is 3.76. The van der Waals surface area contributed by atoms with Crippen molar-refractivity contribution in [2.75, 3.05) is 25.6 Å². The van der Waals surface area contributed by atoms with Crippen molar-refractivity contribution in [3.05, 3.63) is 54.2 Å². The van der Waals surface area contributed by atoms with E-state index in [1.54, 1.807) is 24.3 Å². The fourth-order valence-corrected chi connectivity index (χ4v) is 2.87. The number of pyridine rings is 1. The van der Waals surface area contributed by atoms with Crippen molar-refractivity contribution >= 4 is 11.8 Å². The molecule has 1 aromatic carbocycles. The van der Waals surface area contributed by atoms with Gasteiger partial charge in [-0.25, -0.2) is 9.78 Å². The maximum absolute atomic E-state index is 12.7. The van der Waals surface area contributed by atoms with Gasteiger partial charge in [-0.05, 0) is 42.7 Å². The topological polar surface area (TPSA) is 63.7 Å². The molecule has 2 heterocycles. The normalized spacial score (nSPS) is 16.4. The molecule has 0 unspecified atom stereocenters. The molecule has 0 radical (unpaired) electrons. The van der Waals surface area contributed by atoms with Gasteiger partial charge in [-0.3, -0.25) is 5.32 Å². The number of ether oxygens (including phenoxy) is 2. The highest BCUT2D eigenvalue weighted by molar-refractivity contribution is 5.88. The standard InChI is InChI=1S/C19H23N3O3/c1-24-16-7-4-6-15(12-16)13-22(14-17-8-5-11-25-17)19(23)21-18-9-2-3-10-20-18/h2-4,6-7,9-10,12,17H,5,8,11,13-14H2,1H3,(H,20,21,23)/t17-/m1/s1. The Morgan fingerprint density at radius 2 is 2.28 bits per heavy atom. The molecule has 2 aromatic rings. The van der Waals surface area contributed by atoms with Crippen molar-refractivity contribution < 1.29 is 14.3 Å². The van der Waals surface area contributed by atoms with Crippen molar-refractivity contribution in [1.82, 2.24) is 9.88 Å². The maximum Gasteiger partial charge on any atom is 0.323 e. The van der Waals surface area contributed by atoms with Gasteiger partial charge in [0.15, 0.2) is 0 Å². The Kier molecular flexibility index (Phi) is 5.85. The van der Waals surface area contributed by atoms with E-state index in [1.807, 2.05) is 36.4 Å². The number of urea groups is 1. The van der Waals surface area contributed by atoms with E-state index in [1.165, 1.54) is 0 Å². The highest BCUT2D eigenvalue weighted by Crippen LogP contribution is 2.18. The molecule has 1 aromatic heterocycles. The number of rotatable bonds is 6. The number of amides is 2. The van der Waals surface area contributed by atoms with Crippen LogP contribution in [0.15, 0.2) is 48.7 Å². The second-order valence-corrected chi connectivity index (χ2v) is 6.01. The maximum atomic E-state index is 12.7. The quantitative estimate of drug-likeness (QED) is 0.875. The van der Waals surface area contributed by atoms with Crippen LogP contribution in [-0.4, -0.2) is 42.3 Å². The largest absolute Gasteiger partial charge is 0.497 e. The minimum Gasteiger partial charge on any atom is -0.497 e. The van der Waals surface area contributed by atoms with E-state index in [9.17, 15) is 4.79 Å². The van der Waals surface area contributed by atoms with E-state index in [2.05, 4.69) is 10.3 Å². The summed E-state index contributed by atoms with van der Waals surface area (Å²) in [7, 11) is 1.64. The molecule has 6 heteroatoms. The first-order chi connectivity index (χ1) is 12.2. The van der Waals surface area contributed by atoms with E-state index < -0.39 is 0 Å². The lowest BCUT2D eigenvalue weighted by molar-refractivity contribution is 0.0819. The number of carbonyl (C=O) groups excluding carboxylic acids is 1. The fourth-order valence-electron chi connectivity index (χ4n) is 2.87. The molecular formula is C19H23N3O3. The van der Waals surface area contributed by atoms with E-state index in [0.29, 0.717) is 18.9 Å². The SMILES string of the molecule is COc1cccc(CN(C[C@H]2CCCO2)C(=O)Nc2ccccn2)c1. The Labute approximate surface area is 147 Å². The van der Waals surface area contributed by atoms with Crippen molar-refractivity contribution in [1.29, 1.82) is 0 Å². The fraction of sp³-hybridized carbons (Fsp3) is 0.368. The number of benzene rings is 1. The van der Waals surface area contributed by atoms with Crippen LogP contribution in [0.3, 0.4) is 0 Å². The summed E-state index contributed by atoms with van der Waals surface area (Å²) in [5.41, 5.74) is 1.01. The number of hydrogen-bond acceptors (Lipinski definition) is 4. The Morgan fingerprint density at radius 3 is 3.00 bits per heavy atom. The molecule has 1 fully saturated rings. The minimum absolute atomic E-state index is 0.0834. The van der Waals surface area contributed by atoms with Gasteiger partial charge in [-0.1, -0.05) is 18.2 Å². The third kappa shape index (κ3) is 4.93. The molecule has 2 amide bonds. The van der Waals surface area contributed by atoms with Crippen LogP contribution in [0.5, 0.6) is 5.75 Å². The van der Waals surface area contributed by atoms with Gasteiger partial charge in [0, 0.05) is 25.9 Å². The summed E-state index contributed by atoms with van der Waals surface area (Å²) in [5, 5.41) is 2.85. The van der Waals surface area contributed by atoms with Crippen LogP contribution < -0.4 is 10.1 Å². The van der Waals surface area contributed by atoms with Crippen LogP contribution in [0.4, 0.5) is 10.6 Å². The lowest BCUT2D eigenvalue weighted by atomic mass is 10.2. The molecule has 132 valence electrons. The zero-order chi connectivity index (χ0) is 17.5. The molecule has 1 aliphatic heterocycles. The number of hydrogen-bond donors (Lipinski definition) is 1. The summed E-state index contributed by atoms with van der Waals surface area (Å²) < 4.78 is 11.0. The lowest BCUT2D eigenvalue weighted by Gasteiger charge is -2.26. The van der Waals surface area contributed by atoms with E-state index in [-0.39, 0.29) is 12.1 Å². The Morgan fingerprint density at radius 1 is 1.36 bits per heavy atom. The molecule has 3 rings (SSSR count). The van der Waals surface area contributed by atoms with Crippen molar-refractivity contribution in [3.8, 4) is 5.75 Å². The second kappa shape index (κ2) is 8.48. The molecule has 1 N–H and O–H groups in total. The summed E-state index contributed by atoms with van der Waals surface area (Å²) >= 11 is 0. The monoisotopic (exact) mass is 341 g/mol. The van der Waals surface area contributed by atoms with E-state index in [0.717, 1.165) is 30.8 Å². The van der Waals surface area contributed by atoms with Crippen molar-refractivity contribution in [2.45, 2.75) is 25.5 Å². The van der Waals surface area contributed by atoms with Crippen LogP contribution in [-0.2, 0) is 11.3 Å². The second-order valence-electron chi connectivity index (χ2n) is 6.01. The Bertz CT molecular complexity index is 687. The van der Waals surface area contributed by atoms with Crippen LogP contribution in [0.2, 0.25) is 0 Å². The first kappa shape index (κ1) is 17.2. The molecule has 0 spiro atoms. The summed E-state index contributed by atoms with van der Waals surface area (Å²) in [4.78, 5) is 18.7. The van der Waals surface area contributed by atoms with Gasteiger partial charge in [0.05, 0.1) is 13.2 Å². The van der Waals surface area contributed by atoms with Gasteiger partial charge in [0.1, 0.15) is 11.6 Å². The Hall–Kier alpha value is -2.60. The minimum atomic E-state index is -0.183. The zero-order valence-electron chi connectivity index (χ0n) is 14.4. The molecule has 0 saturated carbocycles. The van der Waals surface area contributed by atoms with Gasteiger partial charge in [0.2, 0.25) is 0 Å². The smallest absolute Gasteiger partial charge is 0.323 e. The van der Waals surface area contributed by atoms with Crippen molar-refractivity contribution in [3.63, 3.8) is 0 Å². The van der Waals surface area contributed by atoms with Crippen LogP contribution >= 0.6 is 0 Å². The van der Waals surface area contributed by atoms with Gasteiger partial charge in [-0.2, -0.15) is 0 Å². The molecule has 0 bridgehead atoms. The van der Waals surface area contributed by atoms with Gasteiger partial charge in [0.25, 0.3) is 0 Å². The number of nitrogens with zero attached hydrogens (tertiary/aromatic N) is 2. The zero-order valence-corrected chi connectivity index (χ0v) is 14.4. The summed E-state index contributed by atoms with van der Waals surface area (Å²) in [5.74, 6) is 1.31. The van der Waals surface area contributed by atoms with Crippen LogP contribution in [0, 0.1) is 0 Å². The van der Waals surface area contributed by atoms with Gasteiger partial charge < -0.3 is 14.4 Å². The Balaban J connectivity index is 1.72. The number of nitrogens with one attached hydrogen (secondary N) is 1. The molecule has 1 saturated heterocycles. The molecule has 1 atom stereocenters. The molecule has 0 aliphatic carbocycles. The predicted octanol–water partition coefficient (Wildman–Crippen LogP) is 3.30. The van der Waals surface area contributed by atoms with Gasteiger partial charge >= 0.3 is 6.03 Å². The molecular weight excluding hydrogens is 318 g/mol. The first-order valence-corrected chi connectivity index (χ1v) is 8.46. The summed E-state index contributed by atoms with van der Waals surface area (Å²) in [6, 6.07) is 13.0.